The fourth-order valence-corrected chi connectivity index (χ4v) is 4.03. The van der Waals surface area contributed by atoms with Crippen LogP contribution in [0.4, 0.5) is 4.79 Å². The Labute approximate surface area is 158 Å². The molecule has 1 aromatic heterocycles. The number of carbonyl (C=O) groups is 2. The Hall–Kier alpha value is -2.34. The summed E-state index contributed by atoms with van der Waals surface area (Å²) in [6, 6.07) is 11.4. The lowest BCUT2D eigenvalue weighted by molar-refractivity contribution is 0.0792. The minimum absolute atomic E-state index is 0.0260. The molecule has 1 unspecified atom stereocenters. The number of rotatable bonds is 6. The summed E-state index contributed by atoms with van der Waals surface area (Å²) in [5.74, 6) is 0.0811. The van der Waals surface area contributed by atoms with Crippen molar-refractivity contribution in [3.63, 3.8) is 0 Å². The lowest BCUT2D eigenvalue weighted by Gasteiger charge is -2.17. The Morgan fingerprint density at radius 3 is 2.69 bits per heavy atom. The quantitative estimate of drug-likeness (QED) is 0.808. The number of likely N-dealkylation sites (tertiary alicyclic amines) is 1. The summed E-state index contributed by atoms with van der Waals surface area (Å²) in [6.45, 7) is 4.13. The van der Waals surface area contributed by atoms with Crippen LogP contribution in [0.25, 0.3) is 0 Å². The topological polar surface area (TPSA) is 61.4 Å². The van der Waals surface area contributed by atoms with Gasteiger partial charge in [-0.3, -0.25) is 4.79 Å². The highest BCUT2D eigenvalue weighted by Crippen LogP contribution is 2.21. The second-order valence-corrected chi connectivity index (χ2v) is 7.48. The molecule has 26 heavy (non-hydrogen) atoms. The van der Waals surface area contributed by atoms with E-state index in [1.54, 1.807) is 11.3 Å². The monoisotopic (exact) mass is 371 g/mol. The van der Waals surface area contributed by atoms with E-state index in [-0.39, 0.29) is 18.0 Å². The Morgan fingerprint density at radius 2 is 2.00 bits per heavy atom. The molecule has 6 heteroatoms. The zero-order valence-corrected chi connectivity index (χ0v) is 15.8. The maximum absolute atomic E-state index is 12.5. The van der Waals surface area contributed by atoms with Crippen molar-refractivity contribution in [2.24, 2.45) is 0 Å². The highest BCUT2D eigenvalue weighted by molar-refractivity contribution is 7.10. The third kappa shape index (κ3) is 4.64. The van der Waals surface area contributed by atoms with Crippen molar-refractivity contribution < 1.29 is 9.59 Å². The van der Waals surface area contributed by atoms with Crippen molar-refractivity contribution in [1.29, 1.82) is 0 Å². The van der Waals surface area contributed by atoms with Gasteiger partial charge in [0.05, 0.1) is 6.04 Å². The van der Waals surface area contributed by atoms with Gasteiger partial charge < -0.3 is 15.5 Å². The molecule has 0 bridgehead atoms. The number of urea groups is 1. The fraction of sp³-hybridized carbons (Fsp3) is 0.400. The third-order valence-electron chi connectivity index (χ3n) is 4.62. The van der Waals surface area contributed by atoms with Crippen LogP contribution in [0.2, 0.25) is 0 Å². The van der Waals surface area contributed by atoms with Crippen LogP contribution in [0, 0.1) is 0 Å². The zero-order valence-electron chi connectivity index (χ0n) is 15.0. The van der Waals surface area contributed by atoms with Crippen molar-refractivity contribution in [2.75, 3.05) is 13.1 Å². The molecule has 1 aliphatic rings. The minimum Gasteiger partial charge on any atom is -0.339 e. The number of hydrogen-bond donors (Lipinski definition) is 2. The Morgan fingerprint density at radius 1 is 1.19 bits per heavy atom. The number of benzene rings is 1. The van der Waals surface area contributed by atoms with Gasteiger partial charge in [-0.1, -0.05) is 25.1 Å². The molecule has 3 amide bonds. The largest absolute Gasteiger partial charge is 0.339 e. The van der Waals surface area contributed by atoms with Gasteiger partial charge in [-0.05, 0) is 48.4 Å². The van der Waals surface area contributed by atoms with Crippen molar-refractivity contribution in [2.45, 2.75) is 38.8 Å². The predicted molar refractivity (Wildman–Crippen MR) is 104 cm³/mol. The van der Waals surface area contributed by atoms with Gasteiger partial charge in [0, 0.05) is 30.1 Å². The fourth-order valence-electron chi connectivity index (χ4n) is 3.17. The molecule has 0 radical (unpaired) electrons. The van der Waals surface area contributed by atoms with Crippen molar-refractivity contribution in [3.8, 4) is 0 Å². The molecule has 5 nitrogen and oxygen atoms in total. The molecule has 2 heterocycles. The molecule has 2 aromatic rings. The van der Waals surface area contributed by atoms with E-state index in [9.17, 15) is 9.59 Å². The summed E-state index contributed by atoms with van der Waals surface area (Å²) >= 11 is 1.64. The minimum atomic E-state index is -0.193. The normalized spacial score (nSPS) is 14.9. The molecule has 3 rings (SSSR count). The Balaban J connectivity index is 1.55. The number of thiophene rings is 1. The van der Waals surface area contributed by atoms with Gasteiger partial charge in [0.25, 0.3) is 5.91 Å². The van der Waals surface area contributed by atoms with Crippen LogP contribution in [-0.2, 0) is 6.54 Å². The van der Waals surface area contributed by atoms with E-state index in [1.165, 1.54) is 0 Å². The first-order chi connectivity index (χ1) is 12.7. The molecule has 138 valence electrons. The van der Waals surface area contributed by atoms with Crippen molar-refractivity contribution >= 4 is 23.3 Å². The van der Waals surface area contributed by atoms with Gasteiger partial charge in [-0.15, -0.1) is 11.3 Å². The number of nitrogens with zero attached hydrogens (tertiary/aromatic N) is 1. The first-order valence-electron chi connectivity index (χ1n) is 9.13. The SMILES string of the molecule is CCC(NC(=O)NCc1cccc(C(=O)N2CCCC2)c1)c1cccs1. The summed E-state index contributed by atoms with van der Waals surface area (Å²) in [5, 5.41) is 7.91. The van der Waals surface area contributed by atoms with Gasteiger partial charge in [0.15, 0.2) is 0 Å². The molecule has 1 aliphatic heterocycles. The number of amides is 3. The van der Waals surface area contributed by atoms with Crippen LogP contribution < -0.4 is 10.6 Å². The first kappa shape index (κ1) is 18.5. The van der Waals surface area contributed by atoms with E-state index in [1.807, 2.05) is 46.7 Å². The third-order valence-corrected chi connectivity index (χ3v) is 5.61. The van der Waals surface area contributed by atoms with Crippen LogP contribution in [-0.4, -0.2) is 29.9 Å². The molecule has 1 atom stereocenters. The van der Waals surface area contributed by atoms with Crippen LogP contribution in [0.15, 0.2) is 41.8 Å². The Bertz CT molecular complexity index is 739. The van der Waals surface area contributed by atoms with E-state index < -0.39 is 0 Å². The first-order valence-corrected chi connectivity index (χ1v) is 10.0. The van der Waals surface area contributed by atoms with Gasteiger partial charge in [0.2, 0.25) is 0 Å². The zero-order chi connectivity index (χ0) is 18.4. The molecular weight excluding hydrogens is 346 g/mol. The summed E-state index contributed by atoms with van der Waals surface area (Å²) in [7, 11) is 0. The number of nitrogens with one attached hydrogen (secondary N) is 2. The van der Waals surface area contributed by atoms with E-state index in [0.717, 1.165) is 42.8 Å². The van der Waals surface area contributed by atoms with Gasteiger partial charge >= 0.3 is 6.03 Å². The van der Waals surface area contributed by atoms with Gasteiger partial charge in [0.1, 0.15) is 0 Å². The van der Waals surface area contributed by atoms with Crippen molar-refractivity contribution in [3.05, 3.63) is 57.8 Å². The lowest BCUT2D eigenvalue weighted by Crippen LogP contribution is -2.37. The van der Waals surface area contributed by atoms with Crippen LogP contribution in [0.3, 0.4) is 0 Å². The van der Waals surface area contributed by atoms with Crippen LogP contribution in [0.5, 0.6) is 0 Å². The maximum atomic E-state index is 12.5. The molecule has 0 saturated carbocycles. The molecular formula is C20H25N3O2S. The predicted octanol–water partition coefficient (Wildman–Crippen LogP) is 3.93. The second-order valence-electron chi connectivity index (χ2n) is 6.50. The summed E-state index contributed by atoms with van der Waals surface area (Å²) in [6.07, 6.45) is 3.00. The summed E-state index contributed by atoms with van der Waals surface area (Å²) in [5.41, 5.74) is 1.62. The lowest BCUT2D eigenvalue weighted by atomic mass is 10.1. The smallest absolute Gasteiger partial charge is 0.315 e. The van der Waals surface area contributed by atoms with Gasteiger partial charge in [-0.2, -0.15) is 0 Å². The number of hydrogen-bond acceptors (Lipinski definition) is 3. The maximum Gasteiger partial charge on any atom is 0.315 e. The molecule has 0 aliphatic carbocycles. The number of carbonyl (C=O) groups excluding carboxylic acids is 2. The van der Waals surface area contributed by atoms with E-state index in [0.29, 0.717) is 12.1 Å². The average molecular weight is 372 g/mol. The average Bonchev–Trinajstić information content (AvgIpc) is 3.38. The van der Waals surface area contributed by atoms with Crippen molar-refractivity contribution in [1.82, 2.24) is 15.5 Å². The molecule has 1 saturated heterocycles. The van der Waals surface area contributed by atoms with E-state index in [4.69, 9.17) is 0 Å². The second kappa shape index (κ2) is 8.85. The highest BCUT2D eigenvalue weighted by Gasteiger charge is 2.19. The Kier molecular flexibility index (Phi) is 6.28. The molecule has 1 fully saturated rings. The van der Waals surface area contributed by atoms with E-state index >= 15 is 0 Å². The van der Waals surface area contributed by atoms with E-state index in [2.05, 4.69) is 17.6 Å². The summed E-state index contributed by atoms with van der Waals surface area (Å²) in [4.78, 5) is 27.7. The molecule has 1 aromatic carbocycles. The van der Waals surface area contributed by atoms with Crippen LogP contribution in [0.1, 0.15) is 53.0 Å². The van der Waals surface area contributed by atoms with Crippen LogP contribution >= 0.6 is 11.3 Å². The molecule has 2 N–H and O–H groups in total. The standard InChI is InChI=1S/C20H25N3O2S/c1-2-17(18-9-6-12-26-18)22-20(25)21-14-15-7-5-8-16(13-15)19(24)23-10-3-4-11-23/h5-9,12-13,17H,2-4,10-11,14H2,1H3,(H2,21,22,25). The highest BCUT2D eigenvalue weighted by atomic mass is 32.1. The summed E-state index contributed by atoms with van der Waals surface area (Å²) < 4.78 is 0. The van der Waals surface area contributed by atoms with Gasteiger partial charge in [-0.25, -0.2) is 4.79 Å². The molecule has 0 spiro atoms.